The zero-order valence-electron chi connectivity index (χ0n) is 15.6. The Labute approximate surface area is 152 Å². The maximum atomic E-state index is 10.9. The highest BCUT2D eigenvalue weighted by molar-refractivity contribution is 5.85. The molecule has 4 N–H and O–H groups in total. The van der Waals surface area contributed by atoms with Crippen molar-refractivity contribution >= 4 is 23.9 Å². The summed E-state index contributed by atoms with van der Waals surface area (Å²) >= 11 is 0. The Balaban J connectivity index is -0.000000364. The van der Waals surface area contributed by atoms with Gasteiger partial charge in [-0.15, -0.1) is 0 Å². The highest BCUT2D eigenvalue weighted by Crippen LogP contribution is 1.99. The molecule has 10 nitrogen and oxygen atoms in total. The summed E-state index contributed by atoms with van der Waals surface area (Å²) < 4.78 is 8.79. The molecule has 0 aliphatic carbocycles. The SMILES string of the molecule is CCCC(=O)O.CCCC(=O)O.CCOC(=O)C(O)C(O)C(=O)OCC. The second kappa shape index (κ2) is 19.1. The Hall–Kier alpha value is -2.20. The van der Waals surface area contributed by atoms with Crippen LogP contribution in [0.1, 0.15) is 53.4 Å². The summed E-state index contributed by atoms with van der Waals surface area (Å²) in [4.78, 5) is 40.9. The Morgan fingerprint density at radius 2 is 0.962 bits per heavy atom. The van der Waals surface area contributed by atoms with E-state index in [-0.39, 0.29) is 13.2 Å². The van der Waals surface area contributed by atoms with Crippen molar-refractivity contribution < 1.29 is 49.1 Å². The number of aliphatic hydroxyl groups excluding tert-OH is 2. The Morgan fingerprint density at radius 3 is 1.08 bits per heavy atom. The predicted molar refractivity (Wildman–Crippen MR) is 90.4 cm³/mol. The van der Waals surface area contributed by atoms with Crippen LogP contribution in [-0.4, -0.2) is 69.7 Å². The quantitative estimate of drug-likeness (QED) is 0.414. The molecule has 154 valence electrons. The zero-order valence-corrected chi connectivity index (χ0v) is 15.6. The lowest BCUT2D eigenvalue weighted by Gasteiger charge is -2.14. The van der Waals surface area contributed by atoms with E-state index in [0.717, 1.165) is 12.8 Å². The van der Waals surface area contributed by atoms with E-state index >= 15 is 0 Å². The molecule has 0 bridgehead atoms. The lowest BCUT2D eigenvalue weighted by molar-refractivity contribution is -0.172. The van der Waals surface area contributed by atoms with Crippen LogP contribution in [0, 0.1) is 0 Å². The van der Waals surface area contributed by atoms with E-state index in [9.17, 15) is 19.2 Å². The van der Waals surface area contributed by atoms with Crippen LogP contribution in [0.25, 0.3) is 0 Å². The number of carbonyl (C=O) groups is 4. The number of carbonyl (C=O) groups excluding carboxylic acids is 2. The topological polar surface area (TPSA) is 168 Å². The Bertz CT molecular complexity index is 370. The molecule has 0 saturated heterocycles. The molecule has 0 aliphatic rings. The van der Waals surface area contributed by atoms with Crippen molar-refractivity contribution in [1.29, 1.82) is 0 Å². The minimum Gasteiger partial charge on any atom is -0.481 e. The fourth-order valence-corrected chi connectivity index (χ4v) is 1.14. The number of rotatable bonds is 9. The van der Waals surface area contributed by atoms with Gasteiger partial charge in [0, 0.05) is 12.8 Å². The first-order chi connectivity index (χ1) is 12.1. The highest BCUT2D eigenvalue weighted by Gasteiger charge is 2.32. The van der Waals surface area contributed by atoms with E-state index < -0.39 is 36.1 Å². The number of esters is 2. The molecule has 0 aromatic carbocycles. The van der Waals surface area contributed by atoms with Crippen LogP contribution in [0.4, 0.5) is 0 Å². The maximum Gasteiger partial charge on any atom is 0.338 e. The molecule has 0 aliphatic heterocycles. The molecule has 0 radical (unpaired) electrons. The van der Waals surface area contributed by atoms with Gasteiger partial charge in [-0.2, -0.15) is 0 Å². The van der Waals surface area contributed by atoms with Gasteiger partial charge in [0.05, 0.1) is 13.2 Å². The summed E-state index contributed by atoms with van der Waals surface area (Å²) in [5, 5.41) is 34.0. The fraction of sp³-hybridized carbons (Fsp3) is 0.750. The van der Waals surface area contributed by atoms with Gasteiger partial charge < -0.3 is 29.9 Å². The lowest BCUT2D eigenvalue weighted by atomic mass is 10.2. The van der Waals surface area contributed by atoms with E-state index in [0.29, 0.717) is 12.8 Å². The summed E-state index contributed by atoms with van der Waals surface area (Å²) in [6.45, 7) is 6.89. The first kappa shape index (κ1) is 28.6. The summed E-state index contributed by atoms with van der Waals surface area (Å²) in [6, 6.07) is 0. The number of carboxylic acids is 2. The molecule has 10 heteroatoms. The van der Waals surface area contributed by atoms with E-state index in [2.05, 4.69) is 9.47 Å². The van der Waals surface area contributed by atoms with Crippen molar-refractivity contribution in [2.24, 2.45) is 0 Å². The second-order valence-electron chi connectivity index (χ2n) is 4.68. The molecular formula is C16H30O10. The molecule has 0 fully saturated rings. The van der Waals surface area contributed by atoms with Crippen LogP contribution in [-0.2, 0) is 28.7 Å². The monoisotopic (exact) mass is 382 g/mol. The molecule has 0 aromatic rings. The van der Waals surface area contributed by atoms with Gasteiger partial charge in [0.15, 0.2) is 12.2 Å². The van der Waals surface area contributed by atoms with Gasteiger partial charge in [-0.1, -0.05) is 13.8 Å². The van der Waals surface area contributed by atoms with Crippen molar-refractivity contribution in [3.63, 3.8) is 0 Å². The Morgan fingerprint density at radius 1 is 0.692 bits per heavy atom. The van der Waals surface area contributed by atoms with Crippen molar-refractivity contribution in [1.82, 2.24) is 0 Å². The zero-order chi connectivity index (χ0) is 21.1. The van der Waals surface area contributed by atoms with Crippen LogP contribution in [0.3, 0.4) is 0 Å². The molecule has 0 spiro atoms. The van der Waals surface area contributed by atoms with E-state index in [1.165, 1.54) is 0 Å². The van der Waals surface area contributed by atoms with Gasteiger partial charge in [0.2, 0.25) is 0 Å². The summed E-state index contributed by atoms with van der Waals surface area (Å²) in [7, 11) is 0. The van der Waals surface area contributed by atoms with Crippen LogP contribution in [0.15, 0.2) is 0 Å². The normalized spacial score (nSPS) is 11.5. The summed E-state index contributed by atoms with van der Waals surface area (Å²) in [6.07, 6.45) is -1.74. The number of hydrogen-bond donors (Lipinski definition) is 4. The van der Waals surface area contributed by atoms with Crippen molar-refractivity contribution in [3.05, 3.63) is 0 Å². The van der Waals surface area contributed by atoms with Crippen molar-refractivity contribution in [2.75, 3.05) is 13.2 Å². The average Bonchev–Trinajstić information content (AvgIpc) is 2.54. The third-order valence-electron chi connectivity index (χ3n) is 2.28. The van der Waals surface area contributed by atoms with Crippen molar-refractivity contribution in [2.45, 2.75) is 65.6 Å². The second-order valence-corrected chi connectivity index (χ2v) is 4.68. The third kappa shape index (κ3) is 19.8. The number of aliphatic hydroxyl groups is 2. The van der Waals surface area contributed by atoms with E-state index in [1.54, 1.807) is 13.8 Å². The Kier molecular flexibility index (Phi) is 21.0. The molecule has 2 unspecified atom stereocenters. The van der Waals surface area contributed by atoms with Crippen LogP contribution >= 0.6 is 0 Å². The lowest BCUT2D eigenvalue weighted by Crippen LogP contribution is -2.41. The summed E-state index contributed by atoms with van der Waals surface area (Å²) in [5.41, 5.74) is 0. The number of aliphatic carboxylic acids is 2. The van der Waals surface area contributed by atoms with Gasteiger partial charge in [-0.3, -0.25) is 9.59 Å². The predicted octanol–water partition coefficient (Wildman–Crippen LogP) is 0.577. The largest absolute Gasteiger partial charge is 0.481 e. The molecule has 0 rings (SSSR count). The van der Waals surface area contributed by atoms with Crippen LogP contribution in [0.5, 0.6) is 0 Å². The molecule has 2 atom stereocenters. The van der Waals surface area contributed by atoms with E-state index in [1.807, 2.05) is 13.8 Å². The van der Waals surface area contributed by atoms with Gasteiger partial charge in [0.1, 0.15) is 0 Å². The number of hydrogen-bond acceptors (Lipinski definition) is 8. The van der Waals surface area contributed by atoms with Gasteiger partial charge in [-0.25, -0.2) is 9.59 Å². The molecule has 0 saturated carbocycles. The maximum absolute atomic E-state index is 10.9. The highest BCUT2D eigenvalue weighted by atomic mass is 16.6. The summed E-state index contributed by atoms with van der Waals surface area (Å²) in [5.74, 6) is -3.52. The van der Waals surface area contributed by atoms with Crippen LogP contribution in [0.2, 0.25) is 0 Å². The van der Waals surface area contributed by atoms with Crippen LogP contribution < -0.4 is 0 Å². The van der Waals surface area contributed by atoms with E-state index in [4.69, 9.17) is 20.4 Å². The number of ether oxygens (including phenoxy) is 2. The standard InChI is InChI=1S/C8H14O6.2C4H8O2/c1-3-13-7(11)5(9)6(10)8(12)14-4-2;2*1-2-3-4(5)6/h5-6,9-10H,3-4H2,1-2H3;2*2-3H2,1H3,(H,5,6). The third-order valence-corrected chi connectivity index (χ3v) is 2.28. The molecule has 26 heavy (non-hydrogen) atoms. The number of carboxylic acid groups (broad SMARTS) is 2. The van der Waals surface area contributed by atoms with Gasteiger partial charge >= 0.3 is 23.9 Å². The van der Waals surface area contributed by atoms with Gasteiger partial charge in [-0.05, 0) is 26.7 Å². The molecule has 0 amide bonds. The molecular weight excluding hydrogens is 352 g/mol. The first-order valence-electron chi connectivity index (χ1n) is 8.21. The minimum absolute atomic E-state index is 0.0610. The van der Waals surface area contributed by atoms with Gasteiger partial charge in [0.25, 0.3) is 0 Å². The molecule has 0 heterocycles. The van der Waals surface area contributed by atoms with Crippen molar-refractivity contribution in [3.8, 4) is 0 Å². The minimum atomic E-state index is -1.89. The first-order valence-corrected chi connectivity index (χ1v) is 8.21. The average molecular weight is 382 g/mol. The smallest absolute Gasteiger partial charge is 0.338 e. The fourth-order valence-electron chi connectivity index (χ4n) is 1.14. The molecule has 0 aromatic heterocycles.